The van der Waals surface area contributed by atoms with Gasteiger partial charge in [0, 0.05) is 30.2 Å². The van der Waals surface area contributed by atoms with E-state index in [2.05, 4.69) is 0 Å². The van der Waals surface area contributed by atoms with Crippen LogP contribution in [-0.2, 0) is 11.3 Å². The van der Waals surface area contributed by atoms with Crippen molar-refractivity contribution >= 4 is 23.4 Å². The molecule has 0 bridgehead atoms. The van der Waals surface area contributed by atoms with Gasteiger partial charge in [-0.25, -0.2) is 0 Å². The SMILES string of the molecule is COc1cccc(CN(C)C(=O)C2CC3CCCCC3N2C(=O)c2cccc(Cl)c2)c1. The Morgan fingerprint density at radius 1 is 1.13 bits per heavy atom. The molecule has 0 spiro atoms. The predicted octanol–water partition coefficient (Wildman–Crippen LogP) is 4.78. The Labute approximate surface area is 188 Å². The predicted molar refractivity (Wildman–Crippen MR) is 121 cm³/mol. The van der Waals surface area contributed by atoms with E-state index in [0.717, 1.165) is 37.0 Å². The van der Waals surface area contributed by atoms with Crippen molar-refractivity contribution in [2.24, 2.45) is 5.92 Å². The highest BCUT2D eigenvalue weighted by Gasteiger charge is 2.48. The monoisotopic (exact) mass is 440 g/mol. The molecule has 2 amide bonds. The summed E-state index contributed by atoms with van der Waals surface area (Å²) in [6, 6.07) is 14.4. The Morgan fingerprint density at radius 2 is 1.90 bits per heavy atom. The average molecular weight is 441 g/mol. The number of likely N-dealkylation sites (N-methyl/N-ethyl adjacent to an activating group) is 1. The second kappa shape index (κ2) is 9.31. The molecule has 2 aromatic carbocycles. The number of carbonyl (C=O) groups is 2. The van der Waals surface area contributed by atoms with E-state index in [0.29, 0.717) is 23.0 Å². The Bertz CT molecular complexity index is 963. The Hall–Kier alpha value is -2.53. The lowest BCUT2D eigenvalue weighted by Gasteiger charge is -2.34. The molecule has 164 valence electrons. The van der Waals surface area contributed by atoms with Crippen LogP contribution in [0, 0.1) is 5.92 Å². The Balaban J connectivity index is 1.57. The normalized spacial score (nSPS) is 22.7. The van der Waals surface area contributed by atoms with Crippen molar-refractivity contribution in [3.8, 4) is 5.75 Å². The number of rotatable bonds is 5. The molecular weight excluding hydrogens is 412 g/mol. The lowest BCUT2D eigenvalue weighted by atomic mass is 9.84. The molecule has 1 heterocycles. The van der Waals surface area contributed by atoms with E-state index in [9.17, 15) is 9.59 Å². The molecule has 1 saturated heterocycles. The summed E-state index contributed by atoms with van der Waals surface area (Å²) in [5.41, 5.74) is 1.55. The van der Waals surface area contributed by atoms with Gasteiger partial charge in [-0.3, -0.25) is 9.59 Å². The second-order valence-corrected chi connectivity index (χ2v) is 9.07. The number of likely N-dealkylation sites (tertiary alicyclic amines) is 1. The minimum Gasteiger partial charge on any atom is -0.497 e. The van der Waals surface area contributed by atoms with Gasteiger partial charge < -0.3 is 14.5 Å². The Morgan fingerprint density at radius 3 is 2.68 bits per heavy atom. The fraction of sp³-hybridized carbons (Fsp3) is 0.440. The first-order valence-corrected chi connectivity index (χ1v) is 11.3. The van der Waals surface area contributed by atoms with E-state index in [1.165, 1.54) is 6.42 Å². The van der Waals surface area contributed by atoms with Gasteiger partial charge in [-0.05, 0) is 61.1 Å². The van der Waals surface area contributed by atoms with Gasteiger partial charge in [0.2, 0.25) is 5.91 Å². The molecule has 3 unspecified atom stereocenters. The highest BCUT2D eigenvalue weighted by atomic mass is 35.5. The van der Waals surface area contributed by atoms with Crippen molar-refractivity contribution in [1.29, 1.82) is 0 Å². The minimum atomic E-state index is -0.435. The fourth-order valence-electron chi connectivity index (χ4n) is 5.12. The zero-order chi connectivity index (χ0) is 22.0. The molecule has 2 fully saturated rings. The summed E-state index contributed by atoms with van der Waals surface area (Å²) in [6.45, 7) is 0.473. The molecule has 1 aliphatic carbocycles. The maximum absolute atomic E-state index is 13.5. The average Bonchev–Trinajstić information content (AvgIpc) is 3.17. The zero-order valence-electron chi connectivity index (χ0n) is 18.1. The smallest absolute Gasteiger partial charge is 0.254 e. The van der Waals surface area contributed by atoms with Crippen LogP contribution in [0.4, 0.5) is 0 Å². The van der Waals surface area contributed by atoms with Crippen LogP contribution >= 0.6 is 11.6 Å². The van der Waals surface area contributed by atoms with Crippen molar-refractivity contribution in [2.45, 2.75) is 50.7 Å². The lowest BCUT2D eigenvalue weighted by Crippen LogP contribution is -2.49. The van der Waals surface area contributed by atoms with Gasteiger partial charge >= 0.3 is 0 Å². The molecule has 1 saturated carbocycles. The van der Waals surface area contributed by atoms with Crippen LogP contribution in [0.1, 0.15) is 48.0 Å². The molecule has 4 rings (SSSR count). The number of hydrogen-bond acceptors (Lipinski definition) is 3. The fourth-order valence-corrected chi connectivity index (χ4v) is 5.31. The largest absolute Gasteiger partial charge is 0.497 e. The zero-order valence-corrected chi connectivity index (χ0v) is 18.8. The van der Waals surface area contributed by atoms with Crippen LogP contribution in [0.15, 0.2) is 48.5 Å². The third-order valence-corrected chi connectivity index (χ3v) is 6.84. The highest BCUT2D eigenvalue weighted by molar-refractivity contribution is 6.31. The summed E-state index contributed by atoms with van der Waals surface area (Å²) < 4.78 is 5.30. The second-order valence-electron chi connectivity index (χ2n) is 8.63. The summed E-state index contributed by atoms with van der Waals surface area (Å²) >= 11 is 6.14. The quantitative estimate of drug-likeness (QED) is 0.672. The molecule has 6 heteroatoms. The molecule has 2 aromatic rings. The first kappa shape index (κ1) is 21.7. The van der Waals surface area contributed by atoms with E-state index in [4.69, 9.17) is 16.3 Å². The number of benzene rings is 2. The first-order chi connectivity index (χ1) is 15.0. The number of hydrogen-bond donors (Lipinski definition) is 0. The van der Waals surface area contributed by atoms with Gasteiger partial charge in [-0.1, -0.05) is 42.6 Å². The van der Waals surface area contributed by atoms with Gasteiger partial charge in [0.25, 0.3) is 5.91 Å². The van der Waals surface area contributed by atoms with E-state index in [1.54, 1.807) is 36.3 Å². The molecule has 2 aliphatic rings. The van der Waals surface area contributed by atoms with E-state index in [-0.39, 0.29) is 17.9 Å². The summed E-state index contributed by atoms with van der Waals surface area (Å²) in [5, 5.41) is 0.531. The number of ether oxygens (including phenoxy) is 1. The van der Waals surface area contributed by atoms with Crippen molar-refractivity contribution in [3.63, 3.8) is 0 Å². The summed E-state index contributed by atoms with van der Waals surface area (Å²) in [5.74, 6) is 1.05. The van der Waals surface area contributed by atoms with Gasteiger partial charge in [-0.2, -0.15) is 0 Å². The first-order valence-electron chi connectivity index (χ1n) is 10.9. The third kappa shape index (κ3) is 4.57. The molecule has 3 atom stereocenters. The van der Waals surface area contributed by atoms with E-state index < -0.39 is 6.04 Å². The topological polar surface area (TPSA) is 49.9 Å². The molecule has 0 radical (unpaired) electrons. The van der Waals surface area contributed by atoms with Crippen LogP contribution < -0.4 is 4.74 Å². The van der Waals surface area contributed by atoms with Crippen LogP contribution in [-0.4, -0.2) is 47.9 Å². The lowest BCUT2D eigenvalue weighted by molar-refractivity contribution is -0.134. The maximum atomic E-state index is 13.5. The van der Waals surface area contributed by atoms with E-state index >= 15 is 0 Å². The van der Waals surface area contributed by atoms with Crippen molar-refractivity contribution in [2.75, 3.05) is 14.2 Å². The van der Waals surface area contributed by atoms with Crippen molar-refractivity contribution < 1.29 is 14.3 Å². The molecular formula is C25H29ClN2O3. The number of halogens is 1. The van der Waals surface area contributed by atoms with Gasteiger partial charge in [0.05, 0.1) is 7.11 Å². The highest BCUT2D eigenvalue weighted by Crippen LogP contribution is 2.41. The summed E-state index contributed by atoms with van der Waals surface area (Å²) in [4.78, 5) is 30.6. The Kier molecular flexibility index (Phi) is 6.51. The molecule has 0 aromatic heterocycles. The van der Waals surface area contributed by atoms with Crippen molar-refractivity contribution in [1.82, 2.24) is 9.80 Å². The van der Waals surface area contributed by atoms with Crippen LogP contribution in [0.25, 0.3) is 0 Å². The summed E-state index contributed by atoms with van der Waals surface area (Å²) in [7, 11) is 3.44. The number of methoxy groups -OCH3 is 1. The molecule has 0 N–H and O–H groups in total. The number of fused-ring (bicyclic) bond motifs is 1. The molecule has 1 aliphatic heterocycles. The molecule has 5 nitrogen and oxygen atoms in total. The maximum Gasteiger partial charge on any atom is 0.254 e. The van der Waals surface area contributed by atoms with Crippen LogP contribution in [0.3, 0.4) is 0 Å². The van der Waals surface area contributed by atoms with Crippen molar-refractivity contribution in [3.05, 3.63) is 64.7 Å². The number of nitrogens with zero attached hydrogens (tertiary/aromatic N) is 2. The van der Waals surface area contributed by atoms with Gasteiger partial charge in [0.1, 0.15) is 11.8 Å². The summed E-state index contributed by atoms with van der Waals surface area (Å²) in [6.07, 6.45) is 5.04. The minimum absolute atomic E-state index is 0.00685. The third-order valence-electron chi connectivity index (χ3n) is 6.61. The molecule has 31 heavy (non-hydrogen) atoms. The van der Waals surface area contributed by atoms with Gasteiger partial charge in [0.15, 0.2) is 0 Å². The van der Waals surface area contributed by atoms with E-state index in [1.807, 2.05) is 36.2 Å². The van der Waals surface area contributed by atoms with Crippen LogP contribution in [0.5, 0.6) is 5.75 Å². The number of carbonyl (C=O) groups excluding carboxylic acids is 2. The van der Waals surface area contributed by atoms with Gasteiger partial charge in [-0.15, -0.1) is 0 Å². The standard InChI is InChI=1S/C25H29ClN2O3/c1-27(16-17-7-5-11-21(13-17)31-2)25(30)23-15-18-8-3-4-12-22(18)28(23)24(29)19-9-6-10-20(26)14-19/h5-7,9-11,13-14,18,22-23H,3-4,8,12,15-16H2,1-2H3. The number of amides is 2. The van der Waals surface area contributed by atoms with Crippen LogP contribution in [0.2, 0.25) is 5.02 Å².